The van der Waals surface area contributed by atoms with E-state index in [-0.39, 0.29) is 22.8 Å². The minimum absolute atomic E-state index is 0.133. The molecule has 1 amide bonds. The van der Waals surface area contributed by atoms with Gasteiger partial charge in [0.1, 0.15) is 12.2 Å². The van der Waals surface area contributed by atoms with E-state index in [1.54, 1.807) is 18.3 Å². The molecule has 0 saturated heterocycles. The highest BCUT2D eigenvalue weighted by molar-refractivity contribution is 7.71. The molecule has 1 aromatic carbocycles. The van der Waals surface area contributed by atoms with E-state index in [0.717, 1.165) is 5.56 Å². The molecule has 2 heterocycles. The zero-order chi connectivity index (χ0) is 16.2. The molecule has 6 nitrogen and oxygen atoms in total. The largest absolute Gasteiger partial charge is 0.350 e. The number of H-pyrrole nitrogens is 1. The number of carbonyl (C=O) groups is 1. The number of aromatic amines is 1. The molecule has 0 aliphatic carbocycles. The van der Waals surface area contributed by atoms with Crippen molar-refractivity contribution in [1.82, 2.24) is 19.9 Å². The summed E-state index contributed by atoms with van der Waals surface area (Å²) in [7, 11) is 0. The molecule has 3 aromatic rings. The van der Waals surface area contributed by atoms with Crippen molar-refractivity contribution in [3.05, 3.63) is 69.3 Å². The minimum Gasteiger partial charge on any atom is -0.350 e. The molecule has 7 heteroatoms. The van der Waals surface area contributed by atoms with Crippen LogP contribution in [0.1, 0.15) is 5.56 Å². The molecule has 0 aliphatic heterocycles. The van der Waals surface area contributed by atoms with Crippen LogP contribution in [0.25, 0.3) is 11.0 Å². The van der Waals surface area contributed by atoms with Crippen LogP contribution in [0.15, 0.2) is 53.5 Å². The Morgan fingerprint density at radius 3 is 2.78 bits per heavy atom. The lowest BCUT2D eigenvalue weighted by molar-refractivity contribution is -0.121. The highest BCUT2D eigenvalue weighted by Crippen LogP contribution is 2.02. The molecule has 3 rings (SSSR count). The van der Waals surface area contributed by atoms with Gasteiger partial charge >= 0.3 is 0 Å². The van der Waals surface area contributed by atoms with Gasteiger partial charge in [-0.2, -0.15) is 0 Å². The van der Waals surface area contributed by atoms with Gasteiger partial charge in [0.05, 0.1) is 5.39 Å². The first kappa shape index (κ1) is 15.1. The van der Waals surface area contributed by atoms with Gasteiger partial charge in [-0.15, -0.1) is 0 Å². The van der Waals surface area contributed by atoms with Crippen LogP contribution in [-0.4, -0.2) is 20.4 Å². The topological polar surface area (TPSA) is 79.8 Å². The van der Waals surface area contributed by atoms with E-state index in [2.05, 4.69) is 15.3 Å². The van der Waals surface area contributed by atoms with E-state index >= 15 is 0 Å². The number of benzene rings is 1. The van der Waals surface area contributed by atoms with Crippen LogP contribution in [-0.2, 0) is 17.9 Å². The summed E-state index contributed by atoms with van der Waals surface area (Å²) in [6.07, 6.45) is 1.57. The number of rotatable bonds is 4. The molecule has 0 atom stereocenters. The van der Waals surface area contributed by atoms with Gasteiger partial charge in [0.15, 0.2) is 4.77 Å². The Bertz CT molecular complexity index is 963. The second-order valence-electron chi connectivity index (χ2n) is 4.98. The second-order valence-corrected chi connectivity index (χ2v) is 5.37. The van der Waals surface area contributed by atoms with Crippen LogP contribution >= 0.6 is 12.2 Å². The third-order valence-electron chi connectivity index (χ3n) is 3.39. The number of nitrogens with zero attached hydrogens (tertiary/aromatic N) is 2. The molecular weight excluding hydrogens is 312 g/mol. The first-order valence-electron chi connectivity index (χ1n) is 7.03. The van der Waals surface area contributed by atoms with Crippen molar-refractivity contribution in [2.75, 3.05) is 0 Å². The predicted molar refractivity (Wildman–Crippen MR) is 89.5 cm³/mol. The predicted octanol–water partition coefficient (Wildman–Crippen LogP) is 1.77. The third kappa shape index (κ3) is 3.35. The zero-order valence-corrected chi connectivity index (χ0v) is 13.0. The van der Waals surface area contributed by atoms with Crippen molar-refractivity contribution >= 4 is 29.2 Å². The van der Waals surface area contributed by atoms with Gasteiger partial charge in [0.2, 0.25) is 5.91 Å². The molecule has 23 heavy (non-hydrogen) atoms. The van der Waals surface area contributed by atoms with Gasteiger partial charge < -0.3 is 10.3 Å². The fraction of sp³-hybridized carbons (Fsp3) is 0.125. The van der Waals surface area contributed by atoms with Crippen LogP contribution in [0.3, 0.4) is 0 Å². The lowest BCUT2D eigenvalue weighted by Gasteiger charge is -2.08. The maximum absolute atomic E-state index is 12.4. The Hall–Kier alpha value is -2.80. The molecule has 116 valence electrons. The van der Waals surface area contributed by atoms with Crippen LogP contribution in [0, 0.1) is 4.77 Å². The van der Waals surface area contributed by atoms with Gasteiger partial charge in [-0.3, -0.25) is 14.2 Å². The number of aromatic nitrogens is 3. The monoisotopic (exact) mass is 326 g/mol. The number of pyridine rings is 1. The summed E-state index contributed by atoms with van der Waals surface area (Å²) >= 11 is 5.15. The lowest BCUT2D eigenvalue weighted by Crippen LogP contribution is -2.33. The van der Waals surface area contributed by atoms with Crippen LogP contribution in [0.4, 0.5) is 0 Å². The zero-order valence-electron chi connectivity index (χ0n) is 12.2. The van der Waals surface area contributed by atoms with E-state index in [4.69, 9.17) is 12.2 Å². The third-order valence-corrected chi connectivity index (χ3v) is 3.71. The van der Waals surface area contributed by atoms with Crippen LogP contribution < -0.4 is 10.9 Å². The van der Waals surface area contributed by atoms with Crippen molar-refractivity contribution in [3.8, 4) is 0 Å². The van der Waals surface area contributed by atoms with Gasteiger partial charge in [0, 0.05) is 12.7 Å². The fourth-order valence-corrected chi connectivity index (χ4v) is 2.47. The molecular formula is C16H14N4O2S. The summed E-state index contributed by atoms with van der Waals surface area (Å²) in [6.45, 7) is 0.270. The Morgan fingerprint density at radius 1 is 1.22 bits per heavy atom. The van der Waals surface area contributed by atoms with Crippen molar-refractivity contribution < 1.29 is 4.79 Å². The Morgan fingerprint density at radius 2 is 2.00 bits per heavy atom. The van der Waals surface area contributed by atoms with Crippen molar-refractivity contribution in [3.63, 3.8) is 0 Å². The van der Waals surface area contributed by atoms with E-state index in [1.165, 1.54) is 4.57 Å². The SMILES string of the molecule is O=C(Cn1c(=S)[nH]c2ncccc2c1=O)NCc1ccccc1. The number of hydrogen-bond acceptors (Lipinski definition) is 4. The number of fused-ring (bicyclic) bond motifs is 1. The Balaban J connectivity index is 1.80. The first-order valence-corrected chi connectivity index (χ1v) is 7.44. The number of amides is 1. The van der Waals surface area contributed by atoms with Crippen molar-refractivity contribution in [2.24, 2.45) is 0 Å². The molecule has 0 fully saturated rings. The summed E-state index contributed by atoms with van der Waals surface area (Å²) in [5.74, 6) is -0.279. The summed E-state index contributed by atoms with van der Waals surface area (Å²) in [4.78, 5) is 31.4. The molecule has 0 aliphatic rings. The summed E-state index contributed by atoms with van der Waals surface area (Å²) in [5.41, 5.74) is 1.08. The van der Waals surface area contributed by atoms with Gasteiger partial charge in [-0.25, -0.2) is 4.98 Å². The Labute approximate surface area is 136 Å². The van der Waals surface area contributed by atoms with Crippen molar-refractivity contribution in [2.45, 2.75) is 13.1 Å². The minimum atomic E-state index is -0.327. The fourth-order valence-electron chi connectivity index (χ4n) is 2.22. The Kier molecular flexibility index (Phi) is 4.29. The van der Waals surface area contributed by atoms with E-state index in [0.29, 0.717) is 17.6 Å². The number of hydrogen-bond donors (Lipinski definition) is 2. The highest BCUT2D eigenvalue weighted by Gasteiger charge is 2.09. The smallest absolute Gasteiger partial charge is 0.264 e. The highest BCUT2D eigenvalue weighted by atomic mass is 32.1. The van der Waals surface area contributed by atoms with Gasteiger partial charge in [0.25, 0.3) is 5.56 Å². The molecule has 2 N–H and O–H groups in total. The second kappa shape index (κ2) is 6.53. The lowest BCUT2D eigenvalue weighted by atomic mass is 10.2. The maximum atomic E-state index is 12.4. The van der Waals surface area contributed by atoms with Gasteiger partial charge in [-0.1, -0.05) is 30.3 Å². The summed E-state index contributed by atoms with van der Waals surface area (Å²) in [5, 5.41) is 3.18. The quantitative estimate of drug-likeness (QED) is 0.716. The standard InChI is InChI=1S/C16H14N4O2S/c21-13(18-9-11-5-2-1-3-6-11)10-20-15(22)12-7-4-8-17-14(12)19-16(20)23/h1-8H,9-10H2,(H,18,21)(H,17,19,23). The van der Waals surface area contributed by atoms with E-state index in [9.17, 15) is 9.59 Å². The normalized spacial score (nSPS) is 10.6. The number of nitrogens with one attached hydrogen (secondary N) is 2. The average molecular weight is 326 g/mol. The van der Waals surface area contributed by atoms with E-state index in [1.807, 2.05) is 30.3 Å². The maximum Gasteiger partial charge on any atom is 0.264 e. The van der Waals surface area contributed by atoms with Crippen LogP contribution in [0.2, 0.25) is 0 Å². The van der Waals surface area contributed by atoms with Crippen molar-refractivity contribution in [1.29, 1.82) is 0 Å². The van der Waals surface area contributed by atoms with Gasteiger partial charge in [-0.05, 0) is 29.9 Å². The summed E-state index contributed by atoms with van der Waals surface area (Å²) in [6, 6.07) is 12.9. The molecule has 0 radical (unpaired) electrons. The first-order chi connectivity index (χ1) is 11.1. The molecule has 0 unspecified atom stereocenters. The molecule has 0 spiro atoms. The molecule has 0 saturated carbocycles. The molecule has 0 bridgehead atoms. The van der Waals surface area contributed by atoms with Crippen LogP contribution in [0.5, 0.6) is 0 Å². The molecule has 2 aromatic heterocycles. The van der Waals surface area contributed by atoms with E-state index < -0.39 is 0 Å². The average Bonchev–Trinajstić information content (AvgIpc) is 2.58. The number of carbonyl (C=O) groups excluding carboxylic acids is 1. The summed E-state index contributed by atoms with van der Waals surface area (Å²) < 4.78 is 1.41.